The van der Waals surface area contributed by atoms with Crippen molar-refractivity contribution in [3.05, 3.63) is 101 Å². The number of hydrogen-bond donors (Lipinski definition) is 1. The van der Waals surface area contributed by atoms with Crippen LogP contribution in [0.3, 0.4) is 0 Å². The number of carbonyl (C=O) groups is 1. The van der Waals surface area contributed by atoms with Gasteiger partial charge in [0.1, 0.15) is 29.6 Å². The molecule has 6 rings (SSSR count). The fourth-order valence-electron chi connectivity index (χ4n) is 5.01. The van der Waals surface area contributed by atoms with E-state index in [0.29, 0.717) is 29.1 Å². The minimum absolute atomic E-state index is 0.0329. The number of aromatic nitrogens is 3. The lowest BCUT2D eigenvalue weighted by molar-refractivity contribution is -0.142. The van der Waals surface area contributed by atoms with Gasteiger partial charge in [0.25, 0.3) is 0 Å². The summed E-state index contributed by atoms with van der Waals surface area (Å²) in [4.78, 5) is 14.8. The second-order valence-corrected chi connectivity index (χ2v) is 9.70. The van der Waals surface area contributed by atoms with E-state index in [2.05, 4.69) is 10.1 Å². The summed E-state index contributed by atoms with van der Waals surface area (Å²) < 4.78 is 62.4. The standard InChI is InChI=1S/C30H24F3N3O4/c1-3-38-26(37)13-17-5-4-6-20-28(17)39-16-30(20,2)25-10-12-36(35-25)24-14-18(7-8-21(24)31)40-29-22(32)15-23-19(27(29)33)9-11-34-23/h4-12,14-15,34H,3,13,16H2,1-2H3/t30-/m1/s1. The van der Waals surface area contributed by atoms with Crippen LogP contribution in [0.25, 0.3) is 16.6 Å². The van der Waals surface area contributed by atoms with Crippen LogP contribution in [0.1, 0.15) is 30.7 Å². The fraction of sp³-hybridized carbons (Fsp3) is 0.200. The Bertz CT molecular complexity index is 1760. The molecular weight excluding hydrogens is 523 g/mol. The fourth-order valence-corrected chi connectivity index (χ4v) is 5.01. The van der Waals surface area contributed by atoms with Gasteiger partial charge in [-0.25, -0.2) is 17.9 Å². The second kappa shape index (κ2) is 9.78. The highest BCUT2D eigenvalue weighted by Crippen LogP contribution is 2.45. The molecule has 1 aliphatic heterocycles. The molecule has 0 bridgehead atoms. The molecule has 3 heterocycles. The zero-order valence-electron chi connectivity index (χ0n) is 21.6. The van der Waals surface area contributed by atoms with Crippen LogP contribution in [0.5, 0.6) is 17.2 Å². The Morgan fingerprint density at radius 2 is 1.98 bits per heavy atom. The Morgan fingerprint density at radius 3 is 2.80 bits per heavy atom. The summed E-state index contributed by atoms with van der Waals surface area (Å²) in [6.07, 6.45) is 3.17. The van der Waals surface area contributed by atoms with Gasteiger partial charge in [-0.15, -0.1) is 0 Å². The number of H-pyrrole nitrogens is 1. The summed E-state index contributed by atoms with van der Waals surface area (Å²) in [6.45, 7) is 4.27. The van der Waals surface area contributed by atoms with Gasteiger partial charge in [0.2, 0.25) is 0 Å². The van der Waals surface area contributed by atoms with Crippen LogP contribution in [0, 0.1) is 17.5 Å². The number of para-hydroxylation sites is 1. The maximum absolute atomic E-state index is 14.9. The molecule has 40 heavy (non-hydrogen) atoms. The van der Waals surface area contributed by atoms with Crippen molar-refractivity contribution in [3.8, 4) is 22.9 Å². The quantitative estimate of drug-likeness (QED) is 0.240. The molecule has 0 spiro atoms. The first-order chi connectivity index (χ1) is 19.3. The molecule has 0 saturated carbocycles. The van der Waals surface area contributed by atoms with Crippen LogP contribution in [0.4, 0.5) is 13.2 Å². The molecule has 0 amide bonds. The van der Waals surface area contributed by atoms with E-state index in [4.69, 9.17) is 14.2 Å². The largest absolute Gasteiger partial charge is 0.492 e. The monoisotopic (exact) mass is 547 g/mol. The van der Waals surface area contributed by atoms with E-state index in [1.54, 1.807) is 19.2 Å². The molecular formula is C30H24F3N3O4. The van der Waals surface area contributed by atoms with Crippen LogP contribution in [0.2, 0.25) is 0 Å². The van der Waals surface area contributed by atoms with Crippen LogP contribution in [-0.2, 0) is 21.4 Å². The maximum atomic E-state index is 14.9. The van der Waals surface area contributed by atoms with Crippen LogP contribution < -0.4 is 9.47 Å². The number of rotatable bonds is 7. The average Bonchev–Trinajstić information content (AvgIpc) is 3.68. The van der Waals surface area contributed by atoms with E-state index in [-0.39, 0.29) is 35.8 Å². The van der Waals surface area contributed by atoms with E-state index in [9.17, 15) is 18.0 Å². The van der Waals surface area contributed by atoms with Crippen molar-refractivity contribution in [3.63, 3.8) is 0 Å². The number of aromatic amines is 1. The van der Waals surface area contributed by atoms with Crippen molar-refractivity contribution >= 4 is 16.9 Å². The summed E-state index contributed by atoms with van der Waals surface area (Å²) in [7, 11) is 0. The summed E-state index contributed by atoms with van der Waals surface area (Å²) in [5.74, 6) is -2.65. The predicted molar refractivity (Wildman–Crippen MR) is 141 cm³/mol. The van der Waals surface area contributed by atoms with Gasteiger partial charge in [-0.05, 0) is 38.1 Å². The van der Waals surface area contributed by atoms with Crippen molar-refractivity contribution in [1.29, 1.82) is 0 Å². The molecule has 1 aliphatic rings. The molecule has 0 saturated heterocycles. The maximum Gasteiger partial charge on any atom is 0.310 e. The highest BCUT2D eigenvalue weighted by Gasteiger charge is 2.41. The minimum atomic E-state index is -0.894. The van der Waals surface area contributed by atoms with Crippen LogP contribution in [0.15, 0.2) is 67.0 Å². The summed E-state index contributed by atoms with van der Waals surface area (Å²) in [5.41, 5.74) is 1.83. The predicted octanol–water partition coefficient (Wildman–Crippen LogP) is 6.37. The molecule has 3 aromatic carbocycles. The van der Waals surface area contributed by atoms with Gasteiger partial charge in [-0.2, -0.15) is 5.10 Å². The van der Waals surface area contributed by atoms with Crippen molar-refractivity contribution < 1.29 is 32.2 Å². The molecule has 5 aromatic rings. The first-order valence-electron chi connectivity index (χ1n) is 12.7. The lowest BCUT2D eigenvalue weighted by atomic mass is 9.81. The van der Waals surface area contributed by atoms with Crippen molar-refractivity contribution in [2.45, 2.75) is 25.7 Å². The van der Waals surface area contributed by atoms with Gasteiger partial charge >= 0.3 is 5.97 Å². The van der Waals surface area contributed by atoms with E-state index in [1.807, 2.05) is 25.1 Å². The number of esters is 1. The topological polar surface area (TPSA) is 78.4 Å². The smallest absolute Gasteiger partial charge is 0.310 e. The number of benzene rings is 3. The van der Waals surface area contributed by atoms with Crippen molar-refractivity contribution in [2.75, 3.05) is 13.2 Å². The average molecular weight is 548 g/mol. The molecule has 2 aromatic heterocycles. The molecule has 10 heteroatoms. The number of carbonyl (C=O) groups excluding carboxylic acids is 1. The third kappa shape index (κ3) is 4.25. The Balaban J connectivity index is 1.31. The Labute approximate surface area is 227 Å². The van der Waals surface area contributed by atoms with E-state index in [1.165, 1.54) is 29.1 Å². The summed E-state index contributed by atoms with van der Waals surface area (Å²) >= 11 is 0. The lowest BCUT2D eigenvalue weighted by Gasteiger charge is -2.20. The Kier molecular flexibility index (Phi) is 6.25. The molecule has 0 unspecified atom stereocenters. The van der Waals surface area contributed by atoms with Gasteiger partial charge in [-0.3, -0.25) is 4.79 Å². The van der Waals surface area contributed by atoms with Gasteiger partial charge in [0, 0.05) is 41.0 Å². The first kappa shape index (κ1) is 25.5. The van der Waals surface area contributed by atoms with Crippen LogP contribution >= 0.6 is 0 Å². The molecule has 0 fully saturated rings. The molecule has 1 atom stereocenters. The third-order valence-corrected chi connectivity index (χ3v) is 7.08. The van der Waals surface area contributed by atoms with Crippen molar-refractivity contribution in [2.24, 2.45) is 0 Å². The van der Waals surface area contributed by atoms with Crippen LogP contribution in [-0.4, -0.2) is 33.9 Å². The summed E-state index contributed by atoms with van der Waals surface area (Å²) in [6, 6.07) is 13.7. The van der Waals surface area contributed by atoms with E-state index >= 15 is 0 Å². The van der Waals surface area contributed by atoms with Crippen molar-refractivity contribution in [1.82, 2.24) is 14.8 Å². The highest BCUT2D eigenvalue weighted by molar-refractivity contribution is 5.82. The summed E-state index contributed by atoms with van der Waals surface area (Å²) in [5, 5.41) is 4.80. The highest BCUT2D eigenvalue weighted by atomic mass is 19.1. The molecule has 0 aliphatic carbocycles. The zero-order chi connectivity index (χ0) is 28.0. The van der Waals surface area contributed by atoms with Gasteiger partial charge in [-0.1, -0.05) is 18.2 Å². The Morgan fingerprint density at radius 1 is 1.12 bits per heavy atom. The molecule has 1 N–H and O–H groups in total. The van der Waals surface area contributed by atoms with E-state index < -0.39 is 28.6 Å². The first-order valence-corrected chi connectivity index (χ1v) is 12.7. The number of halogens is 3. The Hall–Kier alpha value is -4.73. The third-order valence-electron chi connectivity index (χ3n) is 7.08. The van der Waals surface area contributed by atoms with E-state index in [0.717, 1.165) is 17.7 Å². The number of nitrogens with zero attached hydrogens (tertiary/aromatic N) is 2. The zero-order valence-corrected chi connectivity index (χ0v) is 21.6. The number of hydrogen-bond acceptors (Lipinski definition) is 5. The lowest BCUT2D eigenvalue weighted by Crippen LogP contribution is -2.26. The normalized spacial score (nSPS) is 16.1. The SMILES string of the molecule is CCOC(=O)Cc1cccc2c1OC[C@@]2(C)c1ccn(-c2cc(Oc3c(F)cc4[nH]ccc4c3F)ccc2F)n1. The minimum Gasteiger partial charge on any atom is -0.492 e. The number of nitrogens with one attached hydrogen (secondary N) is 1. The number of fused-ring (bicyclic) bond motifs is 2. The molecule has 0 radical (unpaired) electrons. The number of ether oxygens (including phenoxy) is 3. The van der Waals surface area contributed by atoms with Gasteiger partial charge < -0.3 is 19.2 Å². The molecule has 7 nitrogen and oxygen atoms in total. The van der Waals surface area contributed by atoms with Gasteiger partial charge in [0.05, 0.1) is 29.7 Å². The second-order valence-electron chi connectivity index (χ2n) is 9.70. The van der Waals surface area contributed by atoms with Gasteiger partial charge in [0.15, 0.2) is 17.4 Å². The molecule has 204 valence electrons.